The molecule has 5 aromatic heterocycles. The molecule has 18 nitrogen and oxygen atoms in total. The SMILES string of the molecule is C=C/C(C)=N\N(CC)Cc1ncc2c3cc(C(=C)N)cc(OCCCN4CCCCC4)c3n(C/C=C/Cn3c4nc(-c5cc(C)nn5CC)ncc4c4cc(C(N)=O)cc(OCCN=O)c43)c2n1. The van der Waals surface area contributed by atoms with Crippen LogP contribution in [0.3, 0.4) is 0 Å². The third-order valence-corrected chi connectivity index (χ3v) is 12.2. The molecule has 4 N–H and O–H groups in total. The minimum absolute atomic E-state index is 0.000198. The summed E-state index contributed by atoms with van der Waals surface area (Å²) in [7, 11) is 0. The number of benzene rings is 2. The van der Waals surface area contributed by atoms with E-state index in [0.717, 1.165) is 70.7 Å². The van der Waals surface area contributed by atoms with Crippen molar-refractivity contribution in [3.8, 4) is 23.0 Å². The molecule has 2 aromatic carbocycles. The van der Waals surface area contributed by atoms with Gasteiger partial charge in [-0.2, -0.15) is 15.1 Å². The fraction of sp³-hybridized carbons (Fsp3) is 0.380. The lowest BCUT2D eigenvalue weighted by atomic mass is 10.1. The molecule has 0 aliphatic carbocycles. The van der Waals surface area contributed by atoms with Gasteiger partial charge >= 0.3 is 0 Å². The van der Waals surface area contributed by atoms with E-state index in [2.05, 4.69) is 45.1 Å². The number of fused-ring (bicyclic) bond motifs is 6. The highest BCUT2D eigenvalue weighted by molar-refractivity contribution is 6.12. The van der Waals surface area contributed by atoms with E-state index in [0.29, 0.717) is 90.1 Å². The van der Waals surface area contributed by atoms with Crippen LogP contribution in [0.1, 0.15) is 73.9 Å². The van der Waals surface area contributed by atoms with Crippen LogP contribution in [0.4, 0.5) is 0 Å². The summed E-state index contributed by atoms with van der Waals surface area (Å²) in [6.45, 7) is 21.9. The predicted octanol–water partition coefficient (Wildman–Crippen LogP) is 7.74. The second-order valence-electron chi connectivity index (χ2n) is 17.0. The van der Waals surface area contributed by atoms with Crippen molar-refractivity contribution >= 4 is 61.2 Å². The number of carbonyl (C=O) groups excluding carboxylic acids is 1. The van der Waals surface area contributed by atoms with Crippen LogP contribution in [0.5, 0.6) is 11.5 Å². The van der Waals surface area contributed by atoms with Gasteiger partial charge in [-0.3, -0.25) is 14.5 Å². The molecule has 6 heterocycles. The first kappa shape index (κ1) is 47.0. The van der Waals surface area contributed by atoms with Gasteiger partial charge in [0.1, 0.15) is 41.6 Å². The van der Waals surface area contributed by atoms with Crippen LogP contribution in [0.25, 0.3) is 61.1 Å². The molecule has 1 aliphatic rings. The zero-order valence-electron chi connectivity index (χ0n) is 39.4. The van der Waals surface area contributed by atoms with Gasteiger partial charge in [0.2, 0.25) is 5.91 Å². The van der Waals surface area contributed by atoms with Gasteiger partial charge in [-0.1, -0.05) is 36.9 Å². The monoisotopic (exact) mass is 920 g/mol. The summed E-state index contributed by atoms with van der Waals surface area (Å²) in [6.07, 6.45) is 14.1. The third-order valence-electron chi connectivity index (χ3n) is 12.2. The van der Waals surface area contributed by atoms with Gasteiger partial charge in [-0.15, -0.1) is 0 Å². The molecule has 0 unspecified atom stereocenters. The van der Waals surface area contributed by atoms with Crippen LogP contribution in [-0.4, -0.2) is 106 Å². The van der Waals surface area contributed by atoms with E-state index in [-0.39, 0.29) is 18.7 Å². The van der Waals surface area contributed by atoms with E-state index in [4.69, 9.17) is 46.0 Å². The fourth-order valence-corrected chi connectivity index (χ4v) is 8.89. The molecule has 0 atom stereocenters. The van der Waals surface area contributed by atoms with Crippen molar-refractivity contribution in [2.75, 3.05) is 45.9 Å². The number of hydrogen-bond donors (Lipinski definition) is 2. The topological polar surface area (TPSA) is 215 Å². The number of hydrogen-bond acceptors (Lipinski definition) is 14. The molecule has 1 fully saturated rings. The van der Waals surface area contributed by atoms with Crippen LogP contribution in [0.2, 0.25) is 0 Å². The average molecular weight is 921 g/mol. The summed E-state index contributed by atoms with van der Waals surface area (Å²) in [5.74, 6) is 1.52. The minimum atomic E-state index is -0.626. The maximum absolute atomic E-state index is 12.6. The highest BCUT2D eigenvalue weighted by Crippen LogP contribution is 2.38. The van der Waals surface area contributed by atoms with E-state index < -0.39 is 5.91 Å². The van der Waals surface area contributed by atoms with Gasteiger partial charge in [0, 0.05) is 83.5 Å². The number of allylic oxidation sites excluding steroid dienone is 3. The van der Waals surface area contributed by atoms with Crippen molar-refractivity contribution in [3.63, 3.8) is 0 Å². The number of rotatable bonds is 22. The molecular weight excluding hydrogens is 861 g/mol. The molecule has 7 aromatic rings. The lowest BCUT2D eigenvalue weighted by molar-refractivity contribution is 0.1000. The molecule has 1 aliphatic heterocycles. The van der Waals surface area contributed by atoms with E-state index in [9.17, 15) is 9.70 Å². The molecule has 0 bridgehead atoms. The van der Waals surface area contributed by atoms with Gasteiger partial charge in [-0.25, -0.2) is 19.9 Å². The Hall–Kier alpha value is -7.47. The highest BCUT2D eigenvalue weighted by atomic mass is 16.5. The quantitative estimate of drug-likeness (QED) is 0.0220. The molecule has 0 saturated carbocycles. The van der Waals surface area contributed by atoms with Gasteiger partial charge in [-0.05, 0) is 96.5 Å². The Morgan fingerprint density at radius 3 is 2.15 bits per heavy atom. The van der Waals surface area contributed by atoms with Crippen molar-refractivity contribution in [2.45, 2.75) is 79.6 Å². The number of hydrazone groups is 1. The van der Waals surface area contributed by atoms with Crippen molar-refractivity contribution in [1.82, 2.24) is 48.8 Å². The van der Waals surface area contributed by atoms with Crippen LogP contribution < -0.4 is 20.9 Å². The molecular formula is C50H60N14O4. The lowest BCUT2D eigenvalue weighted by Crippen LogP contribution is -2.31. The molecule has 354 valence electrons. The number of aryl methyl sites for hydroxylation is 2. The van der Waals surface area contributed by atoms with Crippen LogP contribution in [0, 0.1) is 11.8 Å². The Bertz CT molecular complexity index is 3080. The number of aromatic nitrogens is 8. The maximum atomic E-state index is 12.6. The van der Waals surface area contributed by atoms with Crippen molar-refractivity contribution in [3.05, 3.63) is 102 Å². The van der Waals surface area contributed by atoms with Gasteiger partial charge in [0.25, 0.3) is 0 Å². The molecule has 18 heteroatoms. The predicted molar refractivity (Wildman–Crippen MR) is 269 cm³/mol. The van der Waals surface area contributed by atoms with Gasteiger partial charge < -0.3 is 35.0 Å². The van der Waals surface area contributed by atoms with Crippen LogP contribution in [0.15, 0.2) is 84.4 Å². The normalized spacial score (nSPS) is 13.6. The number of primary amides is 1. The average Bonchev–Trinajstić information content (AvgIpc) is 3.99. The minimum Gasteiger partial charge on any atom is -0.491 e. The number of likely N-dealkylation sites (tertiary alicyclic amines) is 1. The van der Waals surface area contributed by atoms with E-state index in [1.54, 1.807) is 24.4 Å². The number of carbonyl (C=O) groups is 1. The number of nitrogens with two attached hydrogens (primary N) is 2. The zero-order chi connectivity index (χ0) is 47.9. The summed E-state index contributed by atoms with van der Waals surface area (Å²) >= 11 is 0. The number of nitroso groups, excluding NO2 is 1. The standard InChI is InChI=1S/C50H60N14O4/c1-7-32(4)58-61(8-2)31-44-53-29-39-37-25-35(34(6)51)27-42(67-22-15-19-60-17-11-10-12-18-60)45(37)62(49(39)56-44)20-13-14-21-63-46-38(26-36(47(52)65)28-43(46)68-23-16-55-66)40-30-54-48(57-50(40)63)41-24-33(5)59-64(41)9-3/h7,13-14,24-30H,1,6,8-12,15-23,31,51H2,2-5H3,(H2,52,65)/b14-13+,58-32-. The summed E-state index contributed by atoms with van der Waals surface area (Å²) in [5, 5.41) is 17.3. The zero-order valence-corrected chi connectivity index (χ0v) is 39.4. The highest BCUT2D eigenvalue weighted by Gasteiger charge is 2.23. The molecule has 1 saturated heterocycles. The first-order valence-corrected chi connectivity index (χ1v) is 23.3. The number of nitrogens with zero attached hydrogens (tertiary/aromatic N) is 12. The third kappa shape index (κ3) is 9.95. The van der Waals surface area contributed by atoms with Gasteiger partial charge in [0.15, 0.2) is 11.6 Å². The summed E-state index contributed by atoms with van der Waals surface area (Å²) < 4.78 is 18.9. The molecule has 8 rings (SSSR count). The van der Waals surface area contributed by atoms with Crippen molar-refractivity contribution in [2.24, 2.45) is 21.7 Å². The Morgan fingerprint density at radius 1 is 0.868 bits per heavy atom. The Kier molecular flexibility index (Phi) is 14.5. The smallest absolute Gasteiger partial charge is 0.248 e. The first-order valence-electron chi connectivity index (χ1n) is 23.3. The second kappa shape index (κ2) is 21.0. The Balaban J connectivity index is 1.23. The van der Waals surface area contributed by atoms with Crippen LogP contribution >= 0.6 is 0 Å². The summed E-state index contributed by atoms with van der Waals surface area (Å²) in [5.41, 5.74) is 18.9. The molecule has 0 spiro atoms. The van der Waals surface area contributed by atoms with E-state index >= 15 is 0 Å². The Morgan fingerprint density at radius 2 is 1.51 bits per heavy atom. The molecule has 68 heavy (non-hydrogen) atoms. The maximum Gasteiger partial charge on any atom is 0.248 e. The van der Waals surface area contributed by atoms with Crippen molar-refractivity contribution in [1.29, 1.82) is 0 Å². The molecule has 1 amide bonds. The van der Waals surface area contributed by atoms with Crippen molar-refractivity contribution < 1.29 is 14.3 Å². The lowest BCUT2D eigenvalue weighted by Gasteiger charge is -2.26. The second-order valence-corrected chi connectivity index (χ2v) is 17.0. The largest absolute Gasteiger partial charge is 0.491 e. The van der Waals surface area contributed by atoms with E-state index in [1.165, 1.54) is 19.3 Å². The van der Waals surface area contributed by atoms with Crippen LogP contribution in [-0.2, 0) is 26.2 Å². The summed E-state index contributed by atoms with van der Waals surface area (Å²) in [4.78, 5) is 46.2. The number of piperidine rings is 1. The van der Waals surface area contributed by atoms with Gasteiger partial charge in [0.05, 0.1) is 35.6 Å². The first-order chi connectivity index (χ1) is 33.0. The van der Waals surface area contributed by atoms with E-state index in [1.807, 2.05) is 66.3 Å². The Labute approximate surface area is 395 Å². The molecule has 0 radical (unpaired) electrons. The fourth-order valence-electron chi connectivity index (χ4n) is 8.89. The number of amides is 1. The number of ether oxygens (including phenoxy) is 2. The summed E-state index contributed by atoms with van der Waals surface area (Å²) in [6, 6.07) is 9.28.